The van der Waals surface area contributed by atoms with E-state index in [2.05, 4.69) is 10.0 Å². The summed E-state index contributed by atoms with van der Waals surface area (Å²) >= 11 is 0. The molecule has 0 spiro atoms. The Balaban J connectivity index is 2.03. The number of benzene rings is 1. The fraction of sp³-hybridized carbons (Fsp3) is 0.385. The van der Waals surface area contributed by atoms with E-state index >= 15 is 0 Å². The van der Waals surface area contributed by atoms with Crippen molar-refractivity contribution in [2.24, 2.45) is 11.0 Å². The second-order valence-electron chi connectivity index (χ2n) is 4.49. The zero-order chi connectivity index (χ0) is 14.5. The first-order chi connectivity index (χ1) is 9.65. The summed E-state index contributed by atoms with van der Waals surface area (Å²) in [6, 6.07) is 6.80. The van der Waals surface area contributed by atoms with Crippen LogP contribution in [-0.2, 0) is 4.79 Å². The molecule has 0 N–H and O–H groups in total. The van der Waals surface area contributed by atoms with Crippen LogP contribution in [0.3, 0.4) is 0 Å². The molecule has 7 heteroatoms. The number of nitrogens with zero attached hydrogens (tertiary/aromatic N) is 4. The second kappa shape index (κ2) is 6.08. The minimum absolute atomic E-state index is 0.135. The maximum atomic E-state index is 12.2. The highest BCUT2D eigenvalue weighted by Gasteiger charge is 2.30. The van der Waals surface area contributed by atoms with Crippen LogP contribution in [0.4, 0.5) is 0 Å². The molecular weight excluding hydrogens is 260 g/mol. The Bertz CT molecular complexity index is 563. The van der Waals surface area contributed by atoms with Crippen molar-refractivity contribution in [3.63, 3.8) is 0 Å². The van der Waals surface area contributed by atoms with Crippen LogP contribution in [0.1, 0.15) is 16.8 Å². The van der Waals surface area contributed by atoms with Gasteiger partial charge in [0.2, 0.25) is 5.91 Å². The molecule has 0 aliphatic carbocycles. The van der Waals surface area contributed by atoms with Crippen molar-refractivity contribution in [3.05, 3.63) is 40.3 Å². The van der Waals surface area contributed by atoms with Gasteiger partial charge in [0.05, 0.1) is 7.11 Å². The second-order valence-corrected chi connectivity index (χ2v) is 4.49. The zero-order valence-electron chi connectivity index (χ0n) is 11.0. The normalized spacial score (nSPS) is 17.4. The number of azide groups is 1. The fourth-order valence-electron chi connectivity index (χ4n) is 2.19. The van der Waals surface area contributed by atoms with Crippen molar-refractivity contribution in [1.82, 2.24) is 4.90 Å². The van der Waals surface area contributed by atoms with Crippen molar-refractivity contribution in [2.75, 3.05) is 20.2 Å². The van der Waals surface area contributed by atoms with Gasteiger partial charge in [0, 0.05) is 29.5 Å². The smallest absolute Gasteiger partial charge is 0.253 e. The van der Waals surface area contributed by atoms with Gasteiger partial charge in [0.25, 0.3) is 5.91 Å². The van der Waals surface area contributed by atoms with E-state index in [9.17, 15) is 9.59 Å². The van der Waals surface area contributed by atoms with Crippen LogP contribution >= 0.6 is 0 Å². The number of amides is 2. The molecule has 1 saturated heterocycles. The van der Waals surface area contributed by atoms with Gasteiger partial charge in [0.1, 0.15) is 5.75 Å². The van der Waals surface area contributed by atoms with E-state index in [0.29, 0.717) is 30.8 Å². The van der Waals surface area contributed by atoms with E-state index in [0.717, 1.165) is 0 Å². The van der Waals surface area contributed by atoms with Gasteiger partial charge in [0.15, 0.2) is 0 Å². The molecule has 1 aliphatic heterocycles. The van der Waals surface area contributed by atoms with Crippen LogP contribution in [-0.4, -0.2) is 36.9 Å². The Kier molecular flexibility index (Phi) is 4.22. The van der Waals surface area contributed by atoms with Gasteiger partial charge in [-0.1, -0.05) is 0 Å². The standard InChI is InChI=1S/C13H14N4O3/c1-20-11-4-2-9(3-5-11)13(19)17-7-6-10(8-17)12(18)15-16-14/h2-5,10H,6-8H2,1H3. The predicted molar refractivity (Wildman–Crippen MR) is 71.2 cm³/mol. The lowest BCUT2D eigenvalue weighted by atomic mass is 10.1. The molecule has 1 fully saturated rings. The first-order valence-electron chi connectivity index (χ1n) is 6.18. The molecule has 0 bridgehead atoms. The molecule has 2 amide bonds. The lowest BCUT2D eigenvalue weighted by molar-refractivity contribution is -0.121. The van der Waals surface area contributed by atoms with E-state index in [1.165, 1.54) is 0 Å². The summed E-state index contributed by atoms with van der Waals surface area (Å²) in [6.07, 6.45) is 0.528. The third kappa shape index (κ3) is 2.89. The molecule has 1 unspecified atom stereocenters. The number of carbonyl (C=O) groups is 2. The quantitative estimate of drug-likeness (QED) is 0.479. The summed E-state index contributed by atoms with van der Waals surface area (Å²) in [5.41, 5.74) is 8.79. The molecule has 1 aromatic rings. The first kappa shape index (κ1) is 13.9. The van der Waals surface area contributed by atoms with Crippen molar-refractivity contribution in [1.29, 1.82) is 0 Å². The molecule has 0 radical (unpaired) electrons. The lowest BCUT2D eigenvalue weighted by Gasteiger charge is -2.16. The van der Waals surface area contributed by atoms with Gasteiger partial charge in [-0.25, -0.2) is 0 Å². The largest absolute Gasteiger partial charge is 0.497 e. The van der Waals surface area contributed by atoms with Gasteiger partial charge in [-0.15, -0.1) is 0 Å². The number of likely N-dealkylation sites (tertiary alicyclic amines) is 1. The Morgan fingerprint density at radius 3 is 2.70 bits per heavy atom. The van der Waals surface area contributed by atoms with Gasteiger partial charge in [-0.3, -0.25) is 9.59 Å². The number of hydrogen-bond donors (Lipinski definition) is 0. The Hall–Kier alpha value is -2.53. The summed E-state index contributed by atoms with van der Waals surface area (Å²) in [5, 5.41) is 3.08. The number of methoxy groups -OCH3 is 1. The molecule has 0 aromatic heterocycles. The van der Waals surface area contributed by atoms with Crippen molar-refractivity contribution in [2.45, 2.75) is 6.42 Å². The summed E-state index contributed by atoms with van der Waals surface area (Å²) in [7, 11) is 1.56. The van der Waals surface area contributed by atoms with Crippen LogP contribution in [0, 0.1) is 5.92 Å². The SMILES string of the molecule is COc1ccc(C(=O)N2CCC(C(=O)N=[N+]=[N-])C2)cc1. The number of ether oxygens (including phenoxy) is 1. The van der Waals surface area contributed by atoms with Gasteiger partial charge >= 0.3 is 0 Å². The maximum Gasteiger partial charge on any atom is 0.253 e. The molecule has 104 valence electrons. The molecule has 20 heavy (non-hydrogen) atoms. The van der Waals surface area contributed by atoms with E-state index in [1.807, 2.05) is 0 Å². The number of carbonyl (C=O) groups excluding carboxylic acids is 2. The van der Waals surface area contributed by atoms with Crippen LogP contribution in [0.25, 0.3) is 10.4 Å². The van der Waals surface area contributed by atoms with Gasteiger partial charge in [-0.05, 0) is 41.3 Å². The van der Waals surface area contributed by atoms with E-state index in [1.54, 1.807) is 36.3 Å². The van der Waals surface area contributed by atoms with Crippen molar-refractivity contribution >= 4 is 11.8 Å². The molecule has 1 heterocycles. The molecule has 2 rings (SSSR count). The third-order valence-corrected chi connectivity index (χ3v) is 3.30. The maximum absolute atomic E-state index is 12.2. The average molecular weight is 274 g/mol. The number of rotatable bonds is 3. The fourth-order valence-corrected chi connectivity index (χ4v) is 2.19. The highest BCUT2D eigenvalue weighted by Crippen LogP contribution is 2.21. The summed E-state index contributed by atoms with van der Waals surface area (Å²) in [4.78, 5) is 27.8. The lowest BCUT2D eigenvalue weighted by Crippen LogP contribution is -2.29. The van der Waals surface area contributed by atoms with Gasteiger partial charge in [-0.2, -0.15) is 0 Å². The minimum Gasteiger partial charge on any atom is -0.497 e. The number of hydrogen-bond acceptors (Lipinski definition) is 3. The van der Waals surface area contributed by atoms with E-state index in [4.69, 9.17) is 10.3 Å². The summed E-state index contributed by atoms with van der Waals surface area (Å²) < 4.78 is 5.03. The molecular formula is C13H14N4O3. The predicted octanol–water partition coefficient (Wildman–Crippen LogP) is 1.99. The van der Waals surface area contributed by atoms with E-state index in [-0.39, 0.29) is 5.91 Å². The first-order valence-corrected chi connectivity index (χ1v) is 6.18. The molecule has 1 aliphatic rings. The average Bonchev–Trinajstić information content (AvgIpc) is 2.97. The van der Waals surface area contributed by atoms with Gasteiger partial charge < -0.3 is 9.64 Å². The van der Waals surface area contributed by atoms with Crippen LogP contribution in [0.15, 0.2) is 29.4 Å². The van der Waals surface area contributed by atoms with Crippen LogP contribution < -0.4 is 4.74 Å². The molecule has 0 saturated carbocycles. The molecule has 7 nitrogen and oxygen atoms in total. The third-order valence-electron chi connectivity index (χ3n) is 3.30. The Labute approximate surface area is 115 Å². The Morgan fingerprint density at radius 1 is 1.40 bits per heavy atom. The minimum atomic E-state index is -0.502. The van der Waals surface area contributed by atoms with Crippen LogP contribution in [0.5, 0.6) is 5.75 Å². The molecule has 1 aromatic carbocycles. The van der Waals surface area contributed by atoms with E-state index < -0.39 is 11.8 Å². The highest BCUT2D eigenvalue weighted by molar-refractivity contribution is 5.95. The summed E-state index contributed by atoms with van der Waals surface area (Å²) in [6.45, 7) is 0.783. The Morgan fingerprint density at radius 2 is 2.10 bits per heavy atom. The summed E-state index contributed by atoms with van der Waals surface area (Å²) in [5.74, 6) is -0.353. The monoisotopic (exact) mass is 274 g/mol. The highest BCUT2D eigenvalue weighted by atomic mass is 16.5. The molecule has 1 atom stereocenters. The van der Waals surface area contributed by atoms with Crippen LogP contribution in [0.2, 0.25) is 0 Å². The zero-order valence-corrected chi connectivity index (χ0v) is 11.0. The van der Waals surface area contributed by atoms with Crippen molar-refractivity contribution in [3.8, 4) is 5.75 Å². The van der Waals surface area contributed by atoms with Crippen molar-refractivity contribution < 1.29 is 14.3 Å². The topological polar surface area (TPSA) is 95.4 Å².